The second kappa shape index (κ2) is 8.70. The monoisotopic (exact) mass is 464 g/mol. The number of methoxy groups -OCH3 is 1. The first-order valence-corrected chi connectivity index (χ1v) is 9.98. The van der Waals surface area contributed by atoms with Crippen molar-refractivity contribution in [3.8, 4) is 5.75 Å². The predicted molar refractivity (Wildman–Crippen MR) is 112 cm³/mol. The Hall–Kier alpha value is -3.67. The number of nitrogens with one attached hydrogen (secondary N) is 2. The van der Waals surface area contributed by atoms with Gasteiger partial charge in [-0.1, -0.05) is 0 Å². The maximum Gasteiger partial charge on any atom is 0.416 e. The third-order valence-electron chi connectivity index (χ3n) is 5.05. The van der Waals surface area contributed by atoms with Crippen molar-refractivity contribution in [2.75, 3.05) is 25.6 Å². The number of pyridine rings is 1. The van der Waals surface area contributed by atoms with Gasteiger partial charge >= 0.3 is 11.9 Å². The van der Waals surface area contributed by atoms with Crippen LogP contribution in [0.3, 0.4) is 0 Å². The van der Waals surface area contributed by atoms with Crippen molar-refractivity contribution in [2.24, 2.45) is 0 Å². The van der Waals surface area contributed by atoms with Crippen molar-refractivity contribution in [1.82, 2.24) is 14.5 Å². The molecule has 0 bridgehead atoms. The highest BCUT2D eigenvalue weighted by molar-refractivity contribution is 6.06. The van der Waals surface area contributed by atoms with Crippen LogP contribution in [0, 0.1) is 0 Å². The maximum absolute atomic E-state index is 13.2. The first-order valence-electron chi connectivity index (χ1n) is 9.98. The quantitative estimate of drug-likeness (QED) is 0.520. The largest absolute Gasteiger partial charge is 0.489 e. The standard InChI is InChI=1S/C21H19F3N4O5/c1-32-6-7-33-16-5-2-12(21(22,23)24)9-15(16)26-18(29)11-8-14-17(25-10-11)28(13-3-4-13)20(31)27-19(14)30/h2,5,8-10,13H,3-4,6-7H2,1H3,(H,26,29)(H,27,30,31). The molecule has 0 radical (unpaired) electrons. The number of hydrogen-bond acceptors (Lipinski definition) is 6. The van der Waals surface area contributed by atoms with Gasteiger partial charge in [0.1, 0.15) is 18.0 Å². The number of benzene rings is 1. The molecule has 0 atom stereocenters. The molecule has 2 N–H and O–H groups in total. The molecule has 2 aromatic heterocycles. The minimum Gasteiger partial charge on any atom is -0.489 e. The molecule has 33 heavy (non-hydrogen) atoms. The average molecular weight is 464 g/mol. The van der Waals surface area contributed by atoms with Crippen LogP contribution < -0.4 is 21.3 Å². The van der Waals surface area contributed by atoms with Gasteiger partial charge in [-0.25, -0.2) is 9.78 Å². The molecular formula is C21H19F3N4O5. The molecule has 3 aromatic rings. The minimum atomic E-state index is -4.63. The van der Waals surface area contributed by atoms with Gasteiger partial charge in [-0.05, 0) is 37.1 Å². The number of halogens is 3. The molecule has 9 nitrogen and oxygen atoms in total. The Labute approximate surface area is 184 Å². The Balaban J connectivity index is 1.68. The van der Waals surface area contributed by atoms with E-state index in [9.17, 15) is 27.6 Å². The zero-order valence-electron chi connectivity index (χ0n) is 17.4. The molecule has 4 rings (SSSR count). The normalized spacial score (nSPS) is 13.8. The van der Waals surface area contributed by atoms with E-state index in [1.807, 2.05) is 0 Å². The van der Waals surface area contributed by atoms with E-state index in [0.29, 0.717) is 0 Å². The number of H-pyrrole nitrogens is 1. The number of amides is 1. The van der Waals surface area contributed by atoms with Crippen molar-refractivity contribution in [1.29, 1.82) is 0 Å². The molecule has 0 unspecified atom stereocenters. The lowest BCUT2D eigenvalue weighted by Gasteiger charge is -2.15. The molecule has 0 saturated heterocycles. The first-order chi connectivity index (χ1) is 15.7. The third kappa shape index (κ3) is 4.75. The summed E-state index contributed by atoms with van der Waals surface area (Å²) in [5, 5.41) is 2.41. The lowest BCUT2D eigenvalue weighted by molar-refractivity contribution is -0.137. The molecule has 0 aliphatic heterocycles. The molecular weight excluding hydrogens is 445 g/mol. The van der Waals surface area contributed by atoms with Crippen molar-refractivity contribution in [2.45, 2.75) is 25.1 Å². The molecule has 1 aliphatic rings. The van der Waals surface area contributed by atoms with Crippen LogP contribution in [-0.4, -0.2) is 40.8 Å². The summed E-state index contributed by atoms with van der Waals surface area (Å²) in [7, 11) is 1.44. The van der Waals surface area contributed by atoms with E-state index in [1.54, 1.807) is 0 Å². The van der Waals surface area contributed by atoms with Crippen molar-refractivity contribution in [3.05, 3.63) is 62.4 Å². The summed E-state index contributed by atoms with van der Waals surface area (Å²) < 4.78 is 51.2. The zero-order valence-corrected chi connectivity index (χ0v) is 17.4. The van der Waals surface area contributed by atoms with Gasteiger partial charge in [0.15, 0.2) is 0 Å². The van der Waals surface area contributed by atoms with Gasteiger partial charge < -0.3 is 14.8 Å². The Morgan fingerprint density at radius 1 is 1.24 bits per heavy atom. The van der Waals surface area contributed by atoms with E-state index in [0.717, 1.165) is 37.2 Å². The Kier molecular flexibility index (Phi) is 5.93. The smallest absolute Gasteiger partial charge is 0.416 e. The minimum absolute atomic E-state index is 0.0163. The number of carbonyl (C=O) groups excluding carboxylic acids is 1. The molecule has 1 aliphatic carbocycles. The zero-order chi connectivity index (χ0) is 23.8. The van der Waals surface area contributed by atoms with Crippen molar-refractivity contribution >= 4 is 22.6 Å². The molecule has 1 amide bonds. The number of ether oxygens (including phenoxy) is 2. The summed E-state index contributed by atoms with van der Waals surface area (Å²) >= 11 is 0. The van der Waals surface area contributed by atoms with Crippen LogP contribution in [0.25, 0.3) is 11.0 Å². The number of aromatic nitrogens is 3. The molecule has 12 heteroatoms. The SMILES string of the molecule is COCCOc1ccc(C(F)(F)F)cc1NC(=O)c1cnc2c(c1)c(=O)[nH]c(=O)n2C1CC1. The summed E-state index contributed by atoms with van der Waals surface area (Å²) in [6.07, 6.45) is -1.93. The summed E-state index contributed by atoms with van der Waals surface area (Å²) in [4.78, 5) is 43.6. The van der Waals surface area contributed by atoms with E-state index in [4.69, 9.17) is 9.47 Å². The Morgan fingerprint density at radius 3 is 2.67 bits per heavy atom. The fraction of sp³-hybridized carbons (Fsp3) is 0.333. The second-order valence-electron chi connectivity index (χ2n) is 7.46. The van der Waals surface area contributed by atoms with Crippen LogP contribution >= 0.6 is 0 Å². The van der Waals surface area contributed by atoms with E-state index >= 15 is 0 Å². The number of carbonyl (C=O) groups is 1. The maximum atomic E-state index is 13.2. The highest BCUT2D eigenvalue weighted by atomic mass is 19.4. The summed E-state index contributed by atoms with van der Waals surface area (Å²) in [6, 6.07) is 3.87. The fourth-order valence-electron chi connectivity index (χ4n) is 3.29. The van der Waals surface area contributed by atoms with Crippen molar-refractivity contribution < 1.29 is 27.4 Å². The lowest BCUT2D eigenvalue weighted by atomic mass is 10.1. The topological polar surface area (TPSA) is 115 Å². The Morgan fingerprint density at radius 2 is 2.00 bits per heavy atom. The van der Waals surface area contributed by atoms with Gasteiger partial charge in [-0.2, -0.15) is 13.2 Å². The highest BCUT2D eigenvalue weighted by Gasteiger charge is 2.32. The lowest BCUT2D eigenvalue weighted by Crippen LogP contribution is -2.30. The number of alkyl halides is 3. The number of aromatic amines is 1. The number of rotatable bonds is 7. The van der Waals surface area contributed by atoms with Crippen LogP contribution in [0.4, 0.5) is 18.9 Å². The number of nitrogens with zero attached hydrogens (tertiary/aromatic N) is 2. The van der Waals surface area contributed by atoms with E-state index < -0.39 is 28.9 Å². The molecule has 0 spiro atoms. The van der Waals surface area contributed by atoms with Gasteiger partial charge in [-0.15, -0.1) is 0 Å². The van der Waals surface area contributed by atoms with Crippen LogP contribution in [-0.2, 0) is 10.9 Å². The summed E-state index contributed by atoms with van der Waals surface area (Å²) in [6.45, 7) is 0.241. The summed E-state index contributed by atoms with van der Waals surface area (Å²) in [5.74, 6) is -0.786. The molecule has 174 valence electrons. The van der Waals surface area contributed by atoms with Crippen LogP contribution in [0.15, 0.2) is 40.1 Å². The number of fused-ring (bicyclic) bond motifs is 1. The van der Waals surface area contributed by atoms with Crippen LogP contribution in [0.2, 0.25) is 0 Å². The molecule has 1 fully saturated rings. The van der Waals surface area contributed by atoms with E-state index in [1.165, 1.54) is 17.7 Å². The Bertz CT molecular complexity index is 1330. The van der Waals surface area contributed by atoms with E-state index in [-0.39, 0.29) is 47.3 Å². The highest BCUT2D eigenvalue weighted by Crippen LogP contribution is 2.36. The van der Waals surface area contributed by atoms with Gasteiger partial charge in [0, 0.05) is 19.3 Å². The van der Waals surface area contributed by atoms with Crippen LogP contribution in [0.5, 0.6) is 5.75 Å². The molecule has 2 heterocycles. The number of anilines is 1. The van der Waals surface area contributed by atoms with Crippen LogP contribution in [0.1, 0.15) is 34.8 Å². The summed E-state index contributed by atoms with van der Waals surface area (Å²) in [5.41, 5.74) is -2.40. The van der Waals surface area contributed by atoms with Gasteiger partial charge in [0.25, 0.3) is 11.5 Å². The van der Waals surface area contributed by atoms with Gasteiger partial charge in [0.05, 0.1) is 28.8 Å². The molecule has 1 aromatic carbocycles. The van der Waals surface area contributed by atoms with E-state index in [2.05, 4.69) is 15.3 Å². The predicted octanol–water partition coefficient (Wildman–Crippen LogP) is 2.72. The first kappa shape index (κ1) is 22.5. The molecule has 1 saturated carbocycles. The van der Waals surface area contributed by atoms with Gasteiger partial charge in [0.2, 0.25) is 0 Å². The van der Waals surface area contributed by atoms with Gasteiger partial charge in [-0.3, -0.25) is 19.1 Å². The fourth-order valence-corrected chi connectivity index (χ4v) is 3.29. The number of hydrogen-bond donors (Lipinski definition) is 2. The third-order valence-corrected chi connectivity index (χ3v) is 5.05. The van der Waals surface area contributed by atoms with Crippen molar-refractivity contribution in [3.63, 3.8) is 0 Å². The second-order valence-corrected chi connectivity index (χ2v) is 7.46. The average Bonchev–Trinajstić information content (AvgIpc) is 3.59.